The van der Waals surface area contributed by atoms with Crippen LogP contribution in [0.25, 0.3) is 61.3 Å². The molecule has 0 aliphatic rings. The van der Waals surface area contributed by atoms with Crippen LogP contribution in [0.4, 0.5) is 0 Å². The average Bonchev–Trinajstić information content (AvgIpc) is 3.56. The van der Waals surface area contributed by atoms with Crippen molar-refractivity contribution in [3.63, 3.8) is 0 Å². The van der Waals surface area contributed by atoms with Crippen molar-refractivity contribution < 1.29 is 78.0 Å². The van der Waals surface area contributed by atoms with Gasteiger partial charge in [0, 0.05) is 47.5 Å². The van der Waals surface area contributed by atoms with Crippen molar-refractivity contribution >= 4 is 40.8 Å². The third-order valence-corrected chi connectivity index (χ3v) is 8.32. The first-order chi connectivity index (χ1) is 22.9. The van der Waals surface area contributed by atoms with E-state index in [-0.39, 0.29) is 81.2 Å². The summed E-state index contributed by atoms with van der Waals surface area (Å²) in [5.41, 5.74) is 1.19. The molecule has 0 saturated carbocycles. The minimum atomic E-state index is -5.54. The van der Waals surface area contributed by atoms with Crippen molar-refractivity contribution in [1.29, 1.82) is 5.26 Å². The second-order valence-corrected chi connectivity index (χ2v) is 12.5. The standard InChI is InChI=1S/C32H24N9O6P.2Na/c1-32(2,16-33)21-3-5-22(6-4-21)41-27-23(30(42)40(31(41)43)17-47-48(44,45)46)15-35-25-8-7-24(39-26(25)27)20-13-37-29(38-14-20)19-11-18-9-10-34-28(18)36-12-19;;/h3-15H,17H2,1-2H3,(H,34,36)(H2,44,45,46);;/q;2*+1/p-2. The van der Waals surface area contributed by atoms with Crippen LogP contribution in [0.15, 0.2) is 89.1 Å². The summed E-state index contributed by atoms with van der Waals surface area (Å²) in [6.07, 6.45) is 7.88. The van der Waals surface area contributed by atoms with E-state index in [1.54, 1.807) is 75.0 Å². The molecule has 238 valence electrons. The molecule has 0 saturated heterocycles. The second-order valence-electron chi connectivity index (χ2n) is 11.4. The third kappa shape index (κ3) is 7.01. The number of pyridine rings is 3. The van der Waals surface area contributed by atoms with Gasteiger partial charge in [-0.2, -0.15) is 5.26 Å². The van der Waals surface area contributed by atoms with Crippen LogP contribution >= 0.6 is 7.82 Å². The quantitative estimate of drug-likeness (QED) is 0.0980. The molecule has 7 rings (SSSR count). The first-order valence-electron chi connectivity index (χ1n) is 14.3. The maximum absolute atomic E-state index is 13.9. The first kappa shape index (κ1) is 37.3. The molecule has 50 heavy (non-hydrogen) atoms. The number of rotatable bonds is 7. The van der Waals surface area contributed by atoms with Gasteiger partial charge in [-0.3, -0.25) is 14.3 Å². The number of nitrogens with zero attached hydrogens (tertiary/aromatic N) is 8. The summed E-state index contributed by atoms with van der Waals surface area (Å²) >= 11 is 0. The fraction of sp³-hybridized carbons (Fsp3) is 0.125. The minimum Gasteiger partial charge on any atom is -0.790 e. The van der Waals surface area contributed by atoms with Crippen LogP contribution in [-0.4, -0.2) is 39.0 Å². The molecule has 6 aromatic heterocycles. The number of nitrogens with one attached hydrogen (secondary N) is 1. The summed E-state index contributed by atoms with van der Waals surface area (Å²) in [6.45, 7) is 2.34. The van der Waals surface area contributed by atoms with Crippen LogP contribution in [0.5, 0.6) is 0 Å². The van der Waals surface area contributed by atoms with Crippen molar-refractivity contribution in [2.24, 2.45) is 0 Å². The number of phosphoric acid groups is 1. The SMILES string of the molecule is CC(C)(C#N)c1ccc(-n2c(=O)n(COP(=O)([O-])[O-])c(=O)c3cnc4ccc(-c5cnc(-c6cnc7[nH]ccc7c6)nc5)nc4c32)cc1.[Na+].[Na+]. The molecule has 0 aliphatic heterocycles. The molecule has 0 bridgehead atoms. The normalized spacial score (nSPS) is 11.7. The van der Waals surface area contributed by atoms with E-state index in [1.807, 2.05) is 12.1 Å². The van der Waals surface area contributed by atoms with Crippen molar-refractivity contribution in [3.05, 3.63) is 106 Å². The maximum Gasteiger partial charge on any atom is 1.00 e. The van der Waals surface area contributed by atoms with Gasteiger partial charge in [0.05, 0.1) is 47.1 Å². The number of phosphoric ester groups is 1. The summed E-state index contributed by atoms with van der Waals surface area (Å²) in [4.78, 5) is 75.6. The monoisotopic (exact) mass is 705 g/mol. The first-order valence-corrected chi connectivity index (χ1v) is 15.8. The van der Waals surface area contributed by atoms with Crippen LogP contribution in [-0.2, 0) is 21.2 Å². The Morgan fingerprint density at radius 1 is 0.940 bits per heavy atom. The molecule has 7 aromatic rings. The average molecular weight is 706 g/mol. The van der Waals surface area contributed by atoms with E-state index in [4.69, 9.17) is 4.98 Å². The van der Waals surface area contributed by atoms with E-state index >= 15 is 0 Å². The fourth-order valence-electron chi connectivity index (χ4n) is 5.29. The van der Waals surface area contributed by atoms with Crippen molar-refractivity contribution in [1.82, 2.24) is 39.0 Å². The minimum absolute atomic E-state index is 0. The van der Waals surface area contributed by atoms with Crippen molar-refractivity contribution in [2.75, 3.05) is 0 Å². The topological polar surface area (TPSA) is 220 Å². The van der Waals surface area contributed by atoms with Crippen molar-refractivity contribution in [2.45, 2.75) is 26.0 Å². The van der Waals surface area contributed by atoms with E-state index in [0.29, 0.717) is 38.3 Å². The van der Waals surface area contributed by atoms with E-state index in [1.165, 1.54) is 6.20 Å². The summed E-state index contributed by atoms with van der Waals surface area (Å²) in [5, 5.41) is 10.4. The maximum atomic E-state index is 13.9. The zero-order valence-electron chi connectivity index (χ0n) is 27.2. The molecular weight excluding hydrogens is 683 g/mol. The summed E-state index contributed by atoms with van der Waals surface area (Å²) < 4.78 is 17.2. The van der Waals surface area contributed by atoms with Gasteiger partial charge < -0.3 is 23.9 Å². The van der Waals surface area contributed by atoms with Gasteiger partial charge in [-0.15, -0.1) is 0 Å². The molecular formula is C32H22N9Na2O6P. The van der Waals surface area contributed by atoms with Gasteiger partial charge >= 0.3 is 64.8 Å². The van der Waals surface area contributed by atoms with Gasteiger partial charge in [-0.25, -0.2) is 29.3 Å². The predicted molar refractivity (Wildman–Crippen MR) is 170 cm³/mol. The van der Waals surface area contributed by atoms with E-state index in [9.17, 15) is 29.2 Å². The zero-order chi connectivity index (χ0) is 33.8. The molecule has 0 aliphatic carbocycles. The van der Waals surface area contributed by atoms with Crippen LogP contribution in [0.2, 0.25) is 0 Å². The van der Waals surface area contributed by atoms with Gasteiger partial charge in [0.25, 0.3) is 5.56 Å². The number of hydrogen-bond donors (Lipinski definition) is 1. The summed E-state index contributed by atoms with van der Waals surface area (Å²) in [6, 6.07) is 15.9. The molecule has 18 heteroatoms. The van der Waals surface area contributed by atoms with Gasteiger partial charge in [-0.05, 0) is 55.8 Å². The van der Waals surface area contributed by atoms with Gasteiger partial charge in [0.1, 0.15) is 17.9 Å². The Hall–Kier alpha value is -3.91. The molecule has 0 atom stereocenters. The van der Waals surface area contributed by atoms with Gasteiger partial charge in [-0.1, -0.05) is 12.1 Å². The molecule has 1 N–H and O–H groups in total. The predicted octanol–water partition coefficient (Wildman–Crippen LogP) is -3.29. The van der Waals surface area contributed by atoms with Crippen LogP contribution in [0.3, 0.4) is 0 Å². The molecule has 1 aromatic carbocycles. The largest absolute Gasteiger partial charge is 1.00 e. The second kappa shape index (κ2) is 14.4. The number of fused-ring (bicyclic) bond motifs is 4. The van der Waals surface area contributed by atoms with Crippen molar-refractivity contribution in [3.8, 4) is 34.4 Å². The zero-order valence-corrected chi connectivity index (χ0v) is 32.1. The number of benzene rings is 1. The smallest absolute Gasteiger partial charge is 0.790 e. The molecule has 0 spiro atoms. The van der Waals surface area contributed by atoms with Crippen LogP contribution < -0.4 is 80.2 Å². The number of hydrogen-bond acceptors (Lipinski definition) is 12. The van der Waals surface area contributed by atoms with Gasteiger partial charge in [0.15, 0.2) is 5.82 Å². The summed E-state index contributed by atoms with van der Waals surface area (Å²) in [7, 11) is -5.54. The number of nitriles is 1. The Morgan fingerprint density at radius 3 is 2.32 bits per heavy atom. The Labute approximate surface area is 326 Å². The Bertz CT molecular complexity index is 2610. The fourth-order valence-corrected chi connectivity index (χ4v) is 5.55. The van der Waals surface area contributed by atoms with Crippen LogP contribution in [0.1, 0.15) is 19.4 Å². The van der Waals surface area contributed by atoms with E-state index < -0.39 is 31.2 Å². The Balaban J connectivity index is 0.00000243. The van der Waals surface area contributed by atoms with Crippen LogP contribution in [0, 0.1) is 11.3 Å². The molecule has 0 fully saturated rings. The Morgan fingerprint density at radius 2 is 1.64 bits per heavy atom. The summed E-state index contributed by atoms with van der Waals surface area (Å²) in [5.74, 6) is 0.447. The van der Waals surface area contributed by atoms with E-state index in [2.05, 4.69) is 35.5 Å². The van der Waals surface area contributed by atoms with Gasteiger partial charge in [0.2, 0.25) is 0 Å². The molecule has 0 amide bonds. The molecule has 6 heterocycles. The third-order valence-electron chi connectivity index (χ3n) is 7.89. The van der Waals surface area contributed by atoms with E-state index in [0.717, 1.165) is 15.6 Å². The number of aromatic amines is 1. The molecule has 0 unspecified atom stereocenters. The Kier molecular flexibility index (Phi) is 10.7. The molecule has 0 radical (unpaired) electrons. The number of aromatic nitrogens is 8. The molecule has 15 nitrogen and oxygen atoms in total. The number of H-pyrrole nitrogens is 1.